The smallest absolute Gasteiger partial charge is 0.196 e. The molecule has 0 saturated carbocycles. The molecule has 0 aliphatic carbocycles. The van der Waals surface area contributed by atoms with E-state index in [4.69, 9.17) is 0 Å². The van der Waals surface area contributed by atoms with Crippen LogP contribution in [0.4, 0.5) is 0 Å². The highest BCUT2D eigenvalue weighted by Gasteiger charge is 2.22. The summed E-state index contributed by atoms with van der Waals surface area (Å²) in [5, 5.41) is 21.0. The molecule has 0 radical (unpaired) electrons. The number of hydrogen-bond donors (Lipinski definition) is 2. The van der Waals surface area contributed by atoms with Gasteiger partial charge in [-0.15, -0.1) is 10.2 Å². The van der Waals surface area contributed by atoms with E-state index in [1.54, 1.807) is 13.8 Å². The van der Waals surface area contributed by atoms with Crippen molar-refractivity contribution < 1.29 is 5.11 Å². The molecule has 2 N–H and O–H groups in total. The fraction of sp³-hybridized carbons (Fsp3) is 0.238. The highest BCUT2D eigenvalue weighted by molar-refractivity contribution is 7.99. The van der Waals surface area contributed by atoms with Crippen molar-refractivity contribution in [1.82, 2.24) is 19.7 Å². The molecule has 0 aliphatic rings. The molecule has 2 aromatic carbocycles. The average molecular weight is 379 g/mol. The Morgan fingerprint density at radius 1 is 1.07 bits per heavy atom. The minimum atomic E-state index is -0.784. The van der Waals surface area contributed by atoms with Crippen LogP contribution in [0.5, 0.6) is 0 Å². The number of H-pyrrole nitrogens is 1. The summed E-state index contributed by atoms with van der Waals surface area (Å²) in [7, 11) is 0. The van der Waals surface area contributed by atoms with Crippen molar-refractivity contribution in [2.45, 2.75) is 31.5 Å². The topological polar surface area (TPSA) is 66.7 Å². The Labute approximate surface area is 162 Å². The Balaban J connectivity index is 1.90. The Morgan fingerprint density at radius 2 is 1.81 bits per heavy atom. The SMILES string of the molecule is Cc1ccccc1-n1c(SCC(C)(C)O)nnc1-c1c[nH]c2ccccc12. The number of nitrogens with zero attached hydrogens (tertiary/aromatic N) is 3. The highest BCUT2D eigenvalue weighted by atomic mass is 32.2. The number of benzene rings is 2. The summed E-state index contributed by atoms with van der Waals surface area (Å²) >= 11 is 1.51. The van der Waals surface area contributed by atoms with Gasteiger partial charge in [0.05, 0.1) is 11.3 Å². The van der Waals surface area contributed by atoms with E-state index in [1.807, 2.05) is 30.5 Å². The second kappa shape index (κ2) is 6.87. The maximum atomic E-state index is 10.1. The van der Waals surface area contributed by atoms with Gasteiger partial charge in [-0.2, -0.15) is 0 Å². The monoisotopic (exact) mass is 378 g/mol. The normalized spacial score (nSPS) is 12.0. The van der Waals surface area contributed by atoms with E-state index in [1.165, 1.54) is 11.8 Å². The summed E-state index contributed by atoms with van der Waals surface area (Å²) in [6, 6.07) is 16.4. The van der Waals surface area contributed by atoms with Crippen LogP contribution in [0.3, 0.4) is 0 Å². The van der Waals surface area contributed by atoms with Crippen LogP contribution in [-0.4, -0.2) is 36.2 Å². The number of hydrogen-bond acceptors (Lipinski definition) is 4. The first-order valence-electron chi connectivity index (χ1n) is 8.87. The van der Waals surface area contributed by atoms with Crippen molar-refractivity contribution in [3.8, 4) is 17.1 Å². The minimum Gasteiger partial charge on any atom is -0.390 e. The lowest BCUT2D eigenvalue weighted by molar-refractivity contribution is 0.107. The van der Waals surface area contributed by atoms with E-state index in [-0.39, 0.29) is 0 Å². The van der Waals surface area contributed by atoms with Crippen molar-refractivity contribution >= 4 is 22.7 Å². The zero-order valence-corrected chi connectivity index (χ0v) is 16.4. The van der Waals surface area contributed by atoms with Gasteiger partial charge in [-0.05, 0) is 38.5 Å². The molecule has 0 aliphatic heterocycles. The van der Waals surface area contributed by atoms with Crippen molar-refractivity contribution in [3.63, 3.8) is 0 Å². The molecule has 2 heterocycles. The molecule has 0 fully saturated rings. The van der Waals surface area contributed by atoms with Crippen LogP contribution in [0.1, 0.15) is 19.4 Å². The molecular formula is C21H22N4OS. The molecule has 2 aromatic heterocycles. The van der Waals surface area contributed by atoms with E-state index < -0.39 is 5.60 Å². The van der Waals surface area contributed by atoms with Gasteiger partial charge in [-0.1, -0.05) is 48.2 Å². The molecule has 0 unspecified atom stereocenters. The van der Waals surface area contributed by atoms with Crippen LogP contribution in [0.2, 0.25) is 0 Å². The zero-order valence-electron chi connectivity index (χ0n) is 15.6. The van der Waals surface area contributed by atoms with Crippen molar-refractivity contribution in [3.05, 3.63) is 60.3 Å². The molecule has 0 spiro atoms. The summed E-state index contributed by atoms with van der Waals surface area (Å²) in [5.74, 6) is 1.32. The number of para-hydroxylation sites is 2. The average Bonchev–Trinajstić information content (AvgIpc) is 3.23. The Bertz CT molecular complexity index is 1090. The second-order valence-corrected chi connectivity index (χ2v) is 8.22. The van der Waals surface area contributed by atoms with Crippen molar-refractivity contribution in [2.75, 3.05) is 5.75 Å². The van der Waals surface area contributed by atoms with Crippen LogP contribution >= 0.6 is 11.8 Å². The molecular weight excluding hydrogens is 356 g/mol. The lowest BCUT2D eigenvalue weighted by atomic mass is 10.1. The first-order chi connectivity index (χ1) is 12.9. The Morgan fingerprint density at radius 3 is 2.59 bits per heavy atom. The maximum Gasteiger partial charge on any atom is 0.196 e. The summed E-state index contributed by atoms with van der Waals surface area (Å²) in [6.45, 7) is 5.68. The van der Waals surface area contributed by atoms with E-state index in [9.17, 15) is 5.11 Å². The molecule has 0 bridgehead atoms. The molecule has 27 heavy (non-hydrogen) atoms. The van der Waals surface area contributed by atoms with Gasteiger partial charge in [0.15, 0.2) is 11.0 Å². The first-order valence-corrected chi connectivity index (χ1v) is 9.86. The summed E-state index contributed by atoms with van der Waals surface area (Å²) < 4.78 is 2.08. The molecule has 6 heteroatoms. The van der Waals surface area contributed by atoms with Crippen molar-refractivity contribution in [2.24, 2.45) is 0 Å². The number of nitrogens with one attached hydrogen (secondary N) is 1. The van der Waals surface area contributed by atoms with Crippen LogP contribution < -0.4 is 0 Å². The van der Waals surface area contributed by atoms with Crippen molar-refractivity contribution in [1.29, 1.82) is 0 Å². The minimum absolute atomic E-state index is 0.533. The number of aromatic amines is 1. The van der Waals surface area contributed by atoms with Crippen LogP contribution in [0.15, 0.2) is 59.9 Å². The fourth-order valence-corrected chi connectivity index (χ4v) is 3.96. The number of aromatic nitrogens is 4. The van der Waals surface area contributed by atoms with E-state index in [0.29, 0.717) is 5.75 Å². The van der Waals surface area contributed by atoms with Gasteiger partial charge in [-0.3, -0.25) is 4.57 Å². The molecule has 0 amide bonds. The maximum absolute atomic E-state index is 10.1. The third kappa shape index (κ3) is 3.50. The zero-order chi connectivity index (χ0) is 19.0. The number of fused-ring (bicyclic) bond motifs is 1. The van der Waals surface area contributed by atoms with E-state index in [0.717, 1.165) is 38.7 Å². The second-order valence-electron chi connectivity index (χ2n) is 7.28. The molecule has 5 nitrogen and oxygen atoms in total. The van der Waals surface area contributed by atoms with Gasteiger partial charge in [0.2, 0.25) is 0 Å². The third-order valence-corrected chi connectivity index (χ3v) is 5.75. The summed E-state index contributed by atoms with van der Waals surface area (Å²) in [5.41, 5.74) is 3.48. The number of aryl methyl sites for hydroxylation is 1. The van der Waals surface area contributed by atoms with Gasteiger partial charge in [0.25, 0.3) is 0 Å². The van der Waals surface area contributed by atoms with Gasteiger partial charge >= 0.3 is 0 Å². The van der Waals surface area contributed by atoms with Crippen LogP contribution in [-0.2, 0) is 0 Å². The molecule has 4 aromatic rings. The van der Waals surface area contributed by atoms with Crippen LogP contribution in [0, 0.1) is 6.92 Å². The summed E-state index contributed by atoms with van der Waals surface area (Å²) in [6.07, 6.45) is 1.98. The Kier molecular flexibility index (Phi) is 4.53. The quantitative estimate of drug-likeness (QED) is 0.499. The predicted molar refractivity (Wildman–Crippen MR) is 110 cm³/mol. The predicted octanol–water partition coefficient (Wildman–Crippen LogP) is 4.59. The first kappa shape index (κ1) is 17.8. The van der Waals surface area contributed by atoms with Gasteiger partial charge in [0.1, 0.15) is 0 Å². The lowest BCUT2D eigenvalue weighted by Crippen LogP contribution is -2.22. The lowest BCUT2D eigenvalue weighted by Gasteiger charge is -2.17. The summed E-state index contributed by atoms with van der Waals surface area (Å²) in [4.78, 5) is 3.32. The molecule has 0 saturated heterocycles. The van der Waals surface area contributed by atoms with Gasteiger partial charge in [-0.25, -0.2) is 0 Å². The fourth-order valence-electron chi connectivity index (χ4n) is 3.07. The van der Waals surface area contributed by atoms with E-state index in [2.05, 4.69) is 50.9 Å². The highest BCUT2D eigenvalue weighted by Crippen LogP contribution is 2.33. The molecule has 138 valence electrons. The number of aliphatic hydroxyl groups is 1. The number of thioether (sulfide) groups is 1. The standard InChI is InChI=1S/C21H22N4OS/c1-14-8-4-7-11-18(14)25-19(23-24-20(25)27-13-21(2,3)26)16-12-22-17-10-6-5-9-15(16)17/h4-12,22,26H,13H2,1-3H3. The molecule has 0 atom stereocenters. The largest absolute Gasteiger partial charge is 0.390 e. The Hall–Kier alpha value is -2.57. The van der Waals surface area contributed by atoms with E-state index >= 15 is 0 Å². The van der Waals surface area contributed by atoms with Crippen LogP contribution in [0.25, 0.3) is 28.0 Å². The third-order valence-electron chi connectivity index (χ3n) is 4.37. The van der Waals surface area contributed by atoms with Gasteiger partial charge < -0.3 is 10.1 Å². The number of rotatable bonds is 5. The molecule has 4 rings (SSSR count). The van der Waals surface area contributed by atoms with Gasteiger partial charge in [0, 0.05) is 28.4 Å².